The molecule has 2 saturated heterocycles. The first kappa shape index (κ1) is 28.4. The fourth-order valence-corrected chi connectivity index (χ4v) is 5.58. The molecule has 0 spiro atoms. The minimum Gasteiger partial charge on any atom is -0.478 e. The normalized spacial score (nSPS) is 20.0. The highest BCUT2D eigenvalue weighted by molar-refractivity contribution is 6.30. The van der Waals surface area contributed by atoms with Crippen LogP contribution in [0.2, 0.25) is 5.02 Å². The van der Waals surface area contributed by atoms with Crippen LogP contribution in [0.4, 0.5) is 10.2 Å². The molecule has 2 N–H and O–H groups in total. The lowest BCUT2D eigenvalue weighted by atomic mass is 10.1. The van der Waals surface area contributed by atoms with Crippen molar-refractivity contribution in [3.63, 3.8) is 0 Å². The quantitative estimate of drug-likeness (QED) is 0.289. The molecule has 12 heteroatoms. The molecule has 0 aliphatic carbocycles. The summed E-state index contributed by atoms with van der Waals surface area (Å²) in [6.07, 6.45) is 0.151. The van der Waals surface area contributed by atoms with Crippen LogP contribution in [-0.4, -0.2) is 74.2 Å². The van der Waals surface area contributed by atoms with Crippen molar-refractivity contribution in [3.8, 4) is 5.88 Å². The van der Waals surface area contributed by atoms with E-state index in [2.05, 4.69) is 14.5 Å². The Balaban J connectivity index is 1.17. The number of carbonyl (C=O) groups is 1. The number of fused-ring (bicyclic) bond motifs is 1. The van der Waals surface area contributed by atoms with E-state index < -0.39 is 18.0 Å². The number of carboxylic acids is 1. The maximum absolute atomic E-state index is 14.2. The molecule has 0 bridgehead atoms. The summed E-state index contributed by atoms with van der Waals surface area (Å²) in [4.78, 5) is 25.0. The van der Waals surface area contributed by atoms with Crippen LogP contribution in [0.3, 0.4) is 0 Å². The number of piperazine rings is 1. The molecular formula is C30H31ClFN5O5. The Labute approximate surface area is 246 Å². The van der Waals surface area contributed by atoms with Gasteiger partial charge in [0, 0.05) is 42.9 Å². The first-order valence-corrected chi connectivity index (χ1v) is 14.2. The molecule has 2 fully saturated rings. The lowest BCUT2D eigenvalue weighted by Crippen LogP contribution is -2.54. The highest BCUT2D eigenvalue weighted by atomic mass is 35.5. The van der Waals surface area contributed by atoms with Crippen LogP contribution in [0.15, 0.2) is 54.6 Å². The number of aromatic nitrogens is 3. The molecule has 0 radical (unpaired) electrons. The first-order chi connectivity index (χ1) is 20.3. The topological polar surface area (TPSA) is 113 Å². The second-order valence-corrected chi connectivity index (χ2v) is 11.0. The smallest absolute Gasteiger partial charge is 0.335 e. The molecule has 2 aromatic carbocycles. The lowest BCUT2D eigenvalue weighted by Gasteiger charge is -2.41. The van der Waals surface area contributed by atoms with E-state index in [1.165, 1.54) is 6.07 Å². The minimum absolute atomic E-state index is 0.00580. The van der Waals surface area contributed by atoms with E-state index in [9.17, 15) is 19.4 Å². The molecule has 4 heterocycles. The number of ether oxygens (including phenoxy) is 2. The van der Waals surface area contributed by atoms with Gasteiger partial charge in [0.25, 0.3) is 0 Å². The number of halogens is 2. The summed E-state index contributed by atoms with van der Waals surface area (Å²) in [6, 6.07) is 14.5. The van der Waals surface area contributed by atoms with Crippen molar-refractivity contribution in [1.29, 1.82) is 0 Å². The average molecular weight is 596 g/mol. The lowest BCUT2D eigenvalue weighted by molar-refractivity contribution is -0.0595. The van der Waals surface area contributed by atoms with Gasteiger partial charge in [-0.1, -0.05) is 23.7 Å². The molecule has 2 aromatic heterocycles. The largest absolute Gasteiger partial charge is 0.478 e. The number of aliphatic hydroxyl groups is 1. The molecule has 2 aliphatic heterocycles. The number of anilines is 1. The van der Waals surface area contributed by atoms with Crippen molar-refractivity contribution >= 4 is 34.4 Å². The van der Waals surface area contributed by atoms with Crippen LogP contribution >= 0.6 is 11.6 Å². The number of pyridine rings is 1. The van der Waals surface area contributed by atoms with Gasteiger partial charge in [0.1, 0.15) is 30.3 Å². The number of imidazole rings is 1. The molecule has 220 valence electrons. The second-order valence-electron chi connectivity index (χ2n) is 10.6. The molecule has 0 amide bonds. The van der Waals surface area contributed by atoms with Gasteiger partial charge in [-0.3, -0.25) is 4.90 Å². The molecule has 10 nitrogen and oxygen atoms in total. The highest BCUT2D eigenvalue weighted by Crippen LogP contribution is 2.30. The zero-order valence-corrected chi connectivity index (χ0v) is 23.7. The molecule has 3 atom stereocenters. The highest BCUT2D eigenvalue weighted by Gasteiger charge is 2.32. The zero-order chi connectivity index (χ0) is 29.4. The van der Waals surface area contributed by atoms with Gasteiger partial charge < -0.3 is 29.2 Å². The third kappa shape index (κ3) is 5.78. The Kier molecular flexibility index (Phi) is 8.00. The fraction of sp³-hybridized carbons (Fsp3) is 0.367. The monoisotopic (exact) mass is 595 g/mol. The van der Waals surface area contributed by atoms with Gasteiger partial charge in [-0.15, -0.1) is 0 Å². The number of rotatable bonds is 9. The number of carboxylic acid groups (broad SMARTS) is 1. The fourth-order valence-electron chi connectivity index (χ4n) is 5.42. The van der Waals surface area contributed by atoms with Gasteiger partial charge in [-0.05, 0) is 49.7 Å². The maximum atomic E-state index is 14.2. The summed E-state index contributed by atoms with van der Waals surface area (Å²) in [7, 11) is 0. The van der Waals surface area contributed by atoms with E-state index in [1.807, 2.05) is 11.8 Å². The predicted molar refractivity (Wildman–Crippen MR) is 154 cm³/mol. The van der Waals surface area contributed by atoms with E-state index >= 15 is 0 Å². The molecule has 1 unspecified atom stereocenters. The number of nitrogens with zero attached hydrogens (tertiary/aromatic N) is 5. The van der Waals surface area contributed by atoms with Gasteiger partial charge >= 0.3 is 5.97 Å². The minimum atomic E-state index is -0.987. The Morgan fingerprint density at radius 3 is 2.74 bits per heavy atom. The number of β-amino-alcohol motifs (C(OH)–C–C–N with tert-alkyl or cyclic N) is 1. The third-order valence-corrected chi connectivity index (χ3v) is 8.14. The zero-order valence-electron chi connectivity index (χ0n) is 23.0. The summed E-state index contributed by atoms with van der Waals surface area (Å²) in [6.45, 7) is 4.81. The van der Waals surface area contributed by atoms with Gasteiger partial charge in [0.05, 0.1) is 35.3 Å². The molecule has 6 rings (SSSR count). The van der Waals surface area contributed by atoms with E-state index in [1.54, 1.807) is 48.5 Å². The van der Waals surface area contributed by atoms with E-state index in [4.69, 9.17) is 26.1 Å². The van der Waals surface area contributed by atoms with Crippen molar-refractivity contribution in [1.82, 2.24) is 19.4 Å². The van der Waals surface area contributed by atoms with Gasteiger partial charge in [-0.2, -0.15) is 4.98 Å². The van der Waals surface area contributed by atoms with Crippen LogP contribution in [-0.2, 0) is 17.9 Å². The van der Waals surface area contributed by atoms with Gasteiger partial charge in [-0.25, -0.2) is 14.2 Å². The summed E-state index contributed by atoms with van der Waals surface area (Å²) in [5.74, 6) is 0.234. The number of hydrogen-bond donors (Lipinski definition) is 2. The molecule has 0 saturated carbocycles. The third-order valence-electron chi connectivity index (χ3n) is 7.91. The van der Waals surface area contributed by atoms with Crippen molar-refractivity contribution in [2.24, 2.45) is 0 Å². The Bertz CT molecular complexity index is 1610. The maximum Gasteiger partial charge on any atom is 0.335 e. The molecular weight excluding hydrogens is 565 g/mol. The summed E-state index contributed by atoms with van der Waals surface area (Å²) >= 11 is 5.83. The van der Waals surface area contributed by atoms with Gasteiger partial charge in [0.15, 0.2) is 0 Å². The number of benzene rings is 2. The Hall–Kier alpha value is -3.77. The van der Waals surface area contributed by atoms with Crippen molar-refractivity contribution in [2.45, 2.75) is 44.9 Å². The van der Waals surface area contributed by atoms with Crippen LogP contribution < -0.4 is 9.64 Å². The number of aromatic carboxylic acids is 1. The van der Waals surface area contributed by atoms with Crippen molar-refractivity contribution in [2.75, 3.05) is 31.1 Å². The molecule has 2 aliphatic rings. The standard InChI is InChI=1S/C30H31ClFN5O5/c1-18(29-33-24-8-6-19(30(39)40)13-25(24)37(29)15-22-9-12-41-22)35-10-11-36(28(38)16-35)26-3-2-4-27(34-26)42-17-20-5-7-21(31)14-23(20)32/h2-8,13-14,18,22,28,38H,9-12,15-17H2,1H3,(H,39,40)/t18-,22-,28?/m0/s1. The van der Waals surface area contributed by atoms with Crippen molar-refractivity contribution in [3.05, 3.63) is 82.4 Å². The van der Waals surface area contributed by atoms with E-state index in [0.29, 0.717) is 48.5 Å². The van der Waals surface area contributed by atoms with Crippen LogP contribution in [0.1, 0.15) is 41.1 Å². The molecule has 4 aromatic rings. The average Bonchev–Trinajstić information content (AvgIpc) is 3.31. The summed E-state index contributed by atoms with van der Waals surface area (Å²) in [5.41, 5.74) is 2.05. The SMILES string of the molecule is C[C@@H](c1nc2ccc(C(=O)O)cc2n1C[C@@H]1CCO1)N1CCN(c2cccc(OCc3ccc(Cl)cc3F)n2)C(O)C1. The number of aliphatic hydroxyl groups excluding tert-OH is 1. The molecule has 42 heavy (non-hydrogen) atoms. The van der Waals surface area contributed by atoms with Crippen LogP contribution in [0.25, 0.3) is 11.0 Å². The van der Waals surface area contributed by atoms with Crippen LogP contribution in [0, 0.1) is 5.82 Å². The van der Waals surface area contributed by atoms with E-state index in [-0.39, 0.29) is 24.3 Å². The van der Waals surface area contributed by atoms with E-state index in [0.717, 1.165) is 29.9 Å². The predicted octanol–water partition coefficient (Wildman–Crippen LogP) is 4.49. The Morgan fingerprint density at radius 1 is 1.19 bits per heavy atom. The Morgan fingerprint density at radius 2 is 2.02 bits per heavy atom. The summed E-state index contributed by atoms with van der Waals surface area (Å²) in [5, 5.41) is 21.0. The number of hydrogen-bond acceptors (Lipinski definition) is 8. The van der Waals surface area contributed by atoms with Gasteiger partial charge in [0.2, 0.25) is 5.88 Å². The second kappa shape index (κ2) is 11.8. The van der Waals surface area contributed by atoms with Crippen LogP contribution in [0.5, 0.6) is 5.88 Å². The van der Waals surface area contributed by atoms with Crippen molar-refractivity contribution < 1.29 is 28.9 Å². The first-order valence-electron chi connectivity index (χ1n) is 13.8. The summed E-state index contributed by atoms with van der Waals surface area (Å²) < 4.78 is 27.6.